The van der Waals surface area contributed by atoms with Crippen molar-refractivity contribution in [2.75, 3.05) is 19.6 Å². The molecule has 1 saturated heterocycles. The molecule has 1 aliphatic heterocycles. The molecule has 5 nitrogen and oxygen atoms in total. The summed E-state index contributed by atoms with van der Waals surface area (Å²) >= 11 is 0. The molecule has 0 unspecified atom stereocenters. The second-order valence-electron chi connectivity index (χ2n) is 5.06. The van der Waals surface area contributed by atoms with Crippen LogP contribution in [-0.4, -0.2) is 41.6 Å². The van der Waals surface area contributed by atoms with E-state index in [1.54, 1.807) is 0 Å². The van der Waals surface area contributed by atoms with E-state index < -0.39 is 0 Å². The van der Waals surface area contributed by atoms with Crippen molar-refractivity contribution in [2.24, 2.45) is 0 Å². The lowest BCUT2D eigenvalue weighted by atomic mass is 10.0. The molecule has 1 aliphatic rings. The Morgan fingerprint density at radius 1 is 1.47 bits per heavy atom. The van der Waals surface area contributed by atoms with Crippen LogP contribution < -0.4 is 5.32 Å². The van der Waals surface area contributed by atoms with Crippen LogP contribution in [0, 0.1) is 0 Å². The van der Waals surface area contributed by atoms with E-state index in [0.717, 1.165) is 49.5 Å². The first-order valence-electron chi connectivity index (χ1n) is 7.13. The molecule has 1 aromatic rings. The van der Waals surface area contributed by atoms with E-state index in [1.807, 2.05) is 18.7 Å². The minimum absolute atomic E-state index is 0.182. The zero-order chi connectivity index (χ0) is 13.8. The van der Waals surface area contributed by atoms with Crippen LogP contribution in [0.15, 0.2) is 4.52 Å². The van der Waals surface area contributed by atoms with Crippen molar-refractivity contribution in [3.8, 4) is 0 Å². The van der Waals surface area contributed by atoms with Gasteiger partial charge in [0.1, 0.15) is 5.76 Å². The Morgan fingerprint density at radius 3 is 2.89 bits per heavy atom. The number of amides is 1. The zero-order valence-electron chi connectivity index (χ0n) is 12.0. The summed E-state index contributed by atoms with van der Waals surface area (Å²) in [6.45, 7) is 8.69. The molecule has 0 bridgehead atoms. The maximum atomic E-state index is 12.4. The van der Waals surface area contributed by atoms with Crippen LogP contribution in [0.3, 0.4) is 0 Å². The Hall–Kier alpha value is -1.36. The first-order chi connectivity index (χ1) is 9.17. The number of hydrogen-bond acceptors (Lipinski definition) is 4. The maximum Gasteiger partial charge on any atom is 0.227 e. The van der Waals surface area contributed by atoms with Crippen LogP contribution in [0.2, 0.25) is 0 Å². The minimum atomic E-state index is 0.182. The molecule has 0 spiro atoms. The van der Waals surface area contributed by atoms with Crippen LogP contribution in [-0.2, 0) is 24.1 Å². The molecule has 0 saturated carbocycles. The molecular formula is C14H23N3O2. The van der Waals surface area contributed by atoms with Crippen molar-refractivity contribution >= 4 is 5.91 Å². The average molecular weight is 265 g/mol. The highest BCUT2D eigenvalue weighted by Crippen LogP contribution is 2.18. The van der Waals surface area contributed by atoms with Gasteiger partial charge in [0.25, 0.3) is 0 Å². The monoisotopic (exact) mass is 265 g/mol. The summed E-state index contributed by atoms with van der Waals surface area (Å²) in [4.78, 5) is 14.4. The SMILES string of the molecule is CCc1noc(CC)c1CC(=O)N1CCNC[C@H]1C. The van der Waals surface area contributed by atoms with E-state index in [1.165, 1.54) is 0 Å². The van der Waals surface area contributed by atoms with Crippen molar-refractivity contribution in [2.45, 2.75) is 46.1 Å². The summed E-state index contributed by atoms with van der Waals surface area (Å²) in [6, 6.07) is 0.260. The first kappa shape index (κ1) is 14.1. The van der Waals surface area contributed by atoms with E-state index in [-0.39, 0.29) is 11.9 Å². The summed E-state index contributed by atoms with van der Waals surface area (Å²) in [5.41, 5.74) is 1.92. The van der Waals surface area contributed by atoms with Gasteiger partial charge in [-0.3, -0.25) is 4.79 Å². The molecule has 1 aromatic heterocycles. The van der Waals surface area contributed by atoms with Crippen molar-refractivity contribution in [3.05, 3.63) is 17.0 Å². The van der Waals surface area contributed by atoms with Gasteiger partial charge in [0, 0.05) is 37.7 Å². The Morgan fingerprint density at radius 2 is 2.26 bits per heavy atom. The van der Waals surface area contributed by atoms with Gasteiger partial charge in [0.05, 0.1) is 12.1 Å². The predicted octanol–water partition coefficient (Wildman–Crippen LogP) is 1.16. The van der Waals surface area contributed by atoms with Crippen molar-refractivity contribution in [1.82, 2.24) is 15.4 Å². The molecule has 1 N–H and O–H groups in total. The van der Waals surface area contributed by atoms with Gasteiger partial charge >= 0.3 is 0 Å². The van der Waals surface area contributed by atoms with Crippen LogP contribution in [0.4, 0.5) is 0 Å². The Balaban J connectivity index is 2.11. The Labute approximate surface area is 114 Å². The molecule has 2 heterocycles. The van der Waals surface area contributed by atoms with Gasteiger partial charge in [-0.05, 0) is 13.3 Å². The average Bonchev–Trinajstić information content (AvgIpc) is 2.81. The van der Waals surface area contributed by atoms with E-state index in [0.29, 0.717) is 6.42 Å². The molecule has 1 atom stereocenters. The maximum absolute atomic E-state index is 12.4. The number of nitrogens with one attached hydrogen (secondary N) is 1. The largest absolute Gasteiger partial charge is 0.361 e. The highest BCUT2D eigenvalue weighted by molar-refractivity contribution is 5.79. The van der Waals surface area contributed by atoms with E-state index in [4.69, 9.17) is 4.52 Å². The summed E-state index contributed by atoms with van der Waals surface area (Å²) in [7, 11) is 0. The third-order valence-electron chi connectivity index (χ3n) is 3.76. The summed E-state index contributed by atoms with van der Waals surface area (Å²) in [5, 5.41) is 7.36. The smallest absolute Gasteiger partial charge is 0.227 e. The fraction of sp³-hybridized carbons (Fsp3) is 0.714. The third kappa shape index (κ3) is 2.97. The number of aromatic nitrogens is 1. The Kier molecular flexibility index (Phi) is 4.58. The van der Waals surface area contributed by atoms with Gasteiger partial charge in [-0.1, -0.05) is 19.0 Å². The van der Waals surface area contributed by atoms with Gasteiger partial charge in [0.15, 0.2) is 0 Å². The lowest BCUT2D eigenvalue weighted by Gasteiger charge is -2.34. The van der Waals surface area contributed by atoms with Gasteiger partial charge in [-0.2, -0.15) is 0 Å². The number of carbonyl (C=O) groups is 1. The Bertz CT molecular complexity index is 420. The molecule has 1 fully saturated rings. The van der Waals surface area contributed by atoms with Crippen LogP contribution in [0.1, 0.15) is 37.8 Å². The number of hydrogen-bond donors (Lipinski definition) is 1. The quantitative estimate of drug-likeness (QED) is 0.887. The first-order valence-corrected chi connectivity index (χ1v) is 7.13. The van der Waals surface area contributed by atoms with Crippen LogP contribution >= 0.6 is 0 Å². The van der Waals surface area contributed by atoms with Crippen molar-refractivity contribution < 1.29 is 9.32 Å². The fourth-order valence-electron chi connectivity index (χ4n) is 2.60. The molecule has 1 amide bonds. The standard InChI is InChI=1S/C14H23N3O2/c1-4-12-11(13(5-2)19-16-12)8-14(18)17-7-6-15-9-10(17)3/h10,15H,4-9H2,1-3H3/t10-/m1/s1. The highest BCUT2D eigenvalue weighted by atomic mass is 16.5. The highest BCUT2D eigenvalue weighted by Gasteiger charge is 2.25. The molecule has 5 heteroatoms. The summed E-state index contributed by atoms with van der Waals surface area (Å²) in [5.74, 6) is 1.04. The van der Waals surface area contributed by atoms with Gasteiger partial charge in [-0.15, -0.1) is 0 Å². The summed E-state index contributed by atoms with van der Waals surface area (Å²) in [6.07, 6.45) is 2.01. The second-order valence-corrected chi connectivity index (χ2v) is 5.06. The topological polar surface area (TPSA) is 58.4 Å². The molecule has 19 heavy (non-hydrogen) atoms. The number of nitrogens with zero attached hydrogens (tertiary/aromatic N) is 2. The second kappa shape index (κ2) is 6.19. The van der Waals surface area contributed by atoms with Crippen LogP contribution in [0.25, 0.3) is 0 Å². The predicted molar refractivity (Wildman–Crippen MR) is 73.0 cm³/mol. The number of rotatable bonds is 4. The molecule has 106 valence electrons. The molecule has 2 rings (SSSR count). The normalized spacial score (nSPS) is 19.7. The van der Waals surface area contributed by atoms with Crippen LogP contribution in [0.5, 0.6) is 0 Å². The lowest BCUT2D eigenvalue weighted by Crippen LogP contribution is -2.52. The van der Waals surface area contributed by atoms with Crippen molar-refractivity contribution in [1.29, 1.82) is 0 Å². The van der Waals surface area contributed by atoms with Gasteiger partial charge < -0.3 is 14.7 Å². The minimum Gasteiger partial charge on any atom is -0.361 e. The lowest BCUT2D eigenvalue weighted by molar-refractivity contribution is -0.133. The zero-order valence-corrected chi connectivity index (χ0v) is 12.0. The number of piperazine rings is 1. The number of aryl methyl sites for hydroxylation is 2. The van der Waals surface area contributed by atoms with Gasteiger partial charge in [-0.25, -0.2) is 0 Å². The van der Waals surface area contributed by atoms with E-state index in [9.17, 15) is 4.79 Å². The van der Waals surface area contributed by atoms with E-state index >= 15 is 0 Å². The number of carbonyl (C=O) groups excluding carboxylic acids is 1. The van der Waals surface area contributed by atoms with E-state index in [2.05, 4.69) is 17.4 Å². The third-order valence-corrected chi connectivity index (χ3v) is 3.76. The molecular weight excluding hydrogens is 242 g/mol. The molecule has 0 aliphatic carbocycles. The van der Waals surface area contributed by atoms with Gasteiger partial charge in [0.2, 0.25) is 5.91 Å². The summed E-state index contributed by atoms with van der Waals surface area (Å²) < 4.78 is 5.32. The fourth-order valence-corrected chi connectivity index (χ4v) is 2.60. The molecule has 0 radical (unpaired) electrons. The van der Waals surface area contributed by atoms with Crippen molar-refractivity contribution in [3.63, 3.8) is 0 Å². The molecule has 0 aromatic carbocycles.